The van der Waals surface area contributed by atoms with Crippen molar-refractivity contribution in [2.45, 2.75) is 104 Å². The summed E-state index contributed by atoms with van der Waals surface area (Å²) in [5.41, 5.74) is 3.15. The monoisotopic (exact) mass is 387 g/mol. The molecule has 1 nitrogen and oxygen atoms in total. The van der Waals surface area contributed by atoms with Crippen LogP contribution >= 0.6 is 0 Å². The molecule has 0 aliphatic heterocycles. The molecule has 0 spiro atoms. The summed E-state index contributed by atoms with van der Waals surface area (Å²) >= 11 is 0. The molecular formula is C27H44O. The summed E-state index contributed by atoms with van der Waals surface area (Å²) in [5, 5.41) is 10.1. The van der Waals surface area contributed by atoms with Crippen LogP contribution in [0.5, 0.6) is 0 Å². The number of fused-ring (bicyclic) bond motifs is 1. The van der Waals surface area contributed by atoms with E-state index in [9.17, 15) is 5.11 Å². The molecule has 0 unspecified atom stereocenters. The Morgan fingerprint density at radius 3 is 2.82 bits per heavy atom. The van der Waals surface area contributed by atoms with Crippen LogP contribution in [-0.4, -0.2) is 11.2 Å². The summed E-state index contributed by atoms with van der Waals surface area (Å²) in [4.78, 5) is 0. The Hall–Kier alpha value is -0.820. The summed E-state index contributed by atoms with van der Waals surface area (Å²) in [7, 11) is 0. The van der Waals surface area contributed by atoms with Crippen LogP contribution in [0.15, 0.2) is 35.4 Å². The van der Waals surface area contributed by atoms with Crippen molar-refractivity contribution in [1.82, 2.24) is 0 Å². The van der Waals surface area contributed by atoms with Crippen molar-refractivity contribution in [2.24, 2.45) is 29.1 Å². The number of allylic oxidation sites excluding steroid dienone is 4. The van der Waals surface area contributed by atoms with Crippen molar-refractivity contribution >= 4 is 0 Å². The Balaban J connectivity index is 1.81. The molecule has 0 aromatic heterocycles. The van der Waals surface area contributed by atoms with Crippen LogP contribution in [0.4, 0.5) is 0 Å². The third-order valence-electron chi connectivity index (χ3n) is 8.13. The van der Waals surface area contributed by atoms with Gasteiger partial charge in [0.05, 0.1) is 10.2 Å². The lowest BCUT2D eigenvalue weighted by atomic mass is 9.60. The smallest absolute Gasteiger partial charge is 0.0626 e. The van der Waals surface area contributed by atoms with E-state index >= 15 is 0 Å². The molecule has 28 heavy (non-hydrogen) atoms. The minimum absolute atomic E-state index is 0.185. The van der Waals surface area contributed by atoms with Gasteiger partial charge in [-0.25, -0.2) is 0 Å². The average Bonchev–Trinajstić information content (AvgIpc) is 3.05. The van der Waals surface area contributed by atoms with Gasteiger partial charge in [-0.3, -0.25) is 0 Å². The Kier molecular flexibility index (Phi) is 5.99. The van der Waals surface area contributed by atoms with Crippen LogP contribution in [-0.2, 0) is 0 Å². The first kappa shape index (κ1) is 18.0. The summed E-state index contributed by atoms with van der Waals surface area (Å²) in [6.45, 7) is 9.44. The maximum absolute atomic E-state index is 10.1. The number of aliphatic hydroxyl groups is 1. The molecular weight excluding hydrogens is 340 g/mol. The normalized spacial score (nSPS) is 39.4. The highest BCUT2D eigenvalue weighted by Gasteiger charge is 2.50. The third-order valence-corrected chi connectivity index (χ3v) is 8.13. The predicted octanol–water partition coefficient (Wildman–Crippen LogP) is 7.62. The van der Waals surface area contributed by atoms with Crippen LogP contribution in [0.25, 0.3) is 0 Å². The first-order valence-electron chi connectivity index (χ1n) is 13.4. The van der Waals surface area contributed by atoms with Crippen LogP contribution in [0.1, 0.15) is 102 Å². The van der Waals surface area contributed by atoms with E-state index in [4.69, 9.17) is 4.11 Å². The van der Waals surface area contributed by atoms with Crippen molar-refractivity contribution in [3.05, 3.63) is 35.4 Å². The Bertz CT molecular complexity index is 731. The highest BCUT2D eigenvalue weighted by molar-refractivity contribution is 5.36. The van der Waals surface area contributed by atoms with Gasteiger partial charge in [0.25, 0.3) is 0 Å². The first-order chi connectivity index (χ1) is 14.6. The van der Waals surface area contributed by atoms with Crippen molar-refractivity contribution < 1.29 is 9.22 Å². The van der Waals surface area contributed by atoms with Crippen LogP contribution in [0.2, 0.25) is 0 Å². The van der Waals surface area contributed by atoms with E-state index in [2.05, 4.69) is 33.8 Å². The Morgan fingerprint density at radius 2 is 2.07 bits per heavy atom. The molecule has 3 saturated carbocycles. The van der Waals surface area contributed by atoms with Gasteiger partial charge in [-0.15, -0.1) is 0 Å². The van der Waals surface area contributed by atoms with E-state index in [0.717, 1.165) is 29.7 Å². The van der Waals surface area contributed by atoms with E-state index in [1.165, 1.54) is 50.5 Å². The number of aliphatic hydroxyl groups excluding tert-OH is 1. The van der Waals surface area contributed by atoms with E-state index in [0.29, 0.717) is 42.2 Å². The molecule has 1 heteroatoms. The average molecular weight is 388 g/mol. The summed E-state index contributed by atoms with van der Waals surface area (Å²) in [6.07, 6.45) is 13.3. The molecule has 3 fully saturated rings. The first-order valence-corrected chi connectivity index (χ1v) is 11.9. The minimum atomic E-state index is -0.448. The molecule has 0 aromatic carbocycles. The molecule has 0 heterocycles. The quantitative estimate of drug-likeness (QED) is 0.497. The topological polar surface area (TPSA) is 20.2 Å². The van der Waals surface area contributed by atoms with Gasteiger partial charge in [0.2, 0.25) is 0 Å². The van der Waals surface area contributed by atoms with E-state index in [1.54, 1.807) is 0 Å². The lowest BCUT2D eigenvalue weighted by Gasteiger charge is -2.44. The molecule has 0 saturated heterocycles. The summed E-state index contributed by atoms with van der Waals surface area (Å²) < 4.78 is 24.4. The largest absolute Gasteiger partial charge is 0.393 e. The zero-order valence-corrected chi connectivity index (χ0v) is 18.7. The van der Waals surface area contributed by atoms with Crippen molar-refractivity contribution in [2.75, 3.05) is 0 Å². The molecule has 3 aliphatic carbocycles. The SMILES string of the molecule is [2H]C([2H])=C1CC[C@H](O)CC1=C([2H])/C=C1\CCC[C@]2(C)[C@@H]([C@H](C)CCCC(C)C)CC[C@@H]12. The number of rotatable bonds is 6. The third kappa shape index (κ3) is 4.84. The molecule has 0 aromatic rings. The van der Waals surface area contributed by atoms with Gasteiger partial charge in [-0.2, -0.15) is 0 Å². The van der Waals surface area contributed by atoms with Gasteiger partial charge < -0.3 is 5.11 Å². The summed E-state index contributed by atoms with van der Waals surface area (Å²) in [6, 6.07) is 0.443. The standard InChI is InChI=1S/C27H44O/c1-19(2)8-6-9-21(4)25-15-16-26-22(10-7-17-27(25,26)5)12-13-23-18-24(28)14-11-20(23)3/h12-13,19,21,24-26,28H,3,6-11,14-18H2,1-2,4-5H3/b22-12+,23-13?/t21-,24+,25-,26+,27-/m1/s1/i3D2,13D. The zero-order chi connectivity index (χ0) is 22.8. The molecule has 158 valence electrons. The molecule has 1 N–H and O–H groups in total. The summed E-state index contributed by atoms with van der Waals surface area (Å²) in [5.74, 6) is 2.89. The van der Waals surface area contributed by atoms with E-state index in [-0.39, 0.29) is 6.53 Å². The van der Waals surface area contributed by atoms with Crippen molar-refractivity contribution in [3.8, 4) is 0 Å². The Labute approximate surface area is 178 Å². The fourth-order valence-corrected chi connectivity index (χ4v) is 6.49. The van der Waals surface area contributed by atoms with Gasteiger partial charge in [0.1, 0.15) is 0 Å². The highest BCUT2D eigenvalue weighted by atomic mass is 16.3. The lowest BCUT2D eigenvalue weighted by molar-refractivity contribution is 0.0929. The molecule has 3 rings (SSSR count). The molecule has 3 aliphatic rings. The van der Waals surface area contributed by atoms with E-state index < -0.39 is 6.10 Å². The van der Waals surface area contributed by atoms with Crippen molar-refractivity contribution in [1.29, 1.82) is 0 Å². The molecule has 0 bridgehead atoms. The molecule has 0 amide bonds. The van der Waals surface area contributed by atoms with E-state index in [1.807, 2.05) is 0 Å². The molecule has 5 atom stereocenters. The lowest BCUT2D eigenvalue weighted by Crippen LogP contribution is -2.36. The van der Waals surface area contributed by atoms with Gasteiger partial charge in [0.15, 0.2) is 0 Å². The maximum Gasteiger partial charge on any atom is 0.0626 e. The minimum Gasteiger partial charge on any atom is -0.393 e. The van der Waals surface area contributed by atoms with Gasteiger partial charge in [0, 0.05) is 0 Å². The van der Waals surface area contributed by atoms with Crippen LogP contribution in [0.3, 0.4) is 0 Å². The van der Waals surface area contributed by atoms with Crippen LogP contribution in [0, 0.1) is 29.1 Å². The van der Waals surface area contributed by atoms with Crippen LogP contribution < -0.4 is 0 Å². The second-order valence-corrected chi connectivity index (χ2v) is 10.6. The number of hydrogen-bond acceptors (Lipinski definition) is 1. The van der Waals surface area contributed by atoms with Crippen molar-refractivity contribution in [3.63, 3.8) is 0 Å². The second-order valence-electron chi connectivity index (χ2n) is 10.6. The van der Waals surface area contributed by atoms with Gasteiger partial charge >= 0.3 is 0 Å². The highest BCUT2D eigenvalue weighted by Crippen LogP contribution is 2.59. The zero-order valence-electron chi connectivity index (χ0n) is 21.7. The maximum atomic E-state index is 10.1. The Morgan fingerprint density at radius 1 is 1.25 bits per heavy atom. The number of hydrogen-bond donors (Lipinski definition) is 1. The fraction of sp³-hybridized carbons (Fsp3) is 0.778. The fourth-order valence-electron chi connectivity index (χ4n) is 6.49. The molecule has 0 radical (unpaired) electrons. The predicted molar refractivity (Wildman–Crippen MR) is 121 cm³/mol. The van der Waals surface area contributed by atoms with Gasteiger partial charge in [-0.1, -0.05) is 76.8 Å². The van der Waals surface area contributed by atoms with Gasteiger partial charge in [-0.05, 0) is 86.0 Å². The second kappa shape index (κ2) is 9.33.